The summed E-state index contributed by atoms with van der Waals surface area (Å²) in [5, 5.41) is 8.25. The maximum atomic E-state index is 12.9. The second-order valence-corrected chi connectivity index (χ2v) is 9.70. The van der Waals surface area contributed by atoms with Gasteiger partial charge in [-0.2, -0.15) is 5.10 Å². The topological polar surface area (TPSA) is 79.2 Å². The molecule has 0 bridgehead atoms. The molecule has 1 saturated carbocycles. The second-order valence-electron chi connectivity index (χ2n) is 9.70. The monoisotopic (exact) mass is 447 g/mol. The molecule has 0 aromatic carbocycles. The summed E-state index contributed by atoms with van der Waals surface area (Å²) < 4.78 is 1.78. The van der Waals surface area contributed by atoms with Crippen molar-refractivity contribution in [2.24, 2.45) is 18.9 Å². The first-order valence-corrected chi connectivity index (χ1v) is 12.0. The molecule has 0 spiro atoms. The number of likely N-dealkylation sites (N-methyl/N-ethyl adjacent to an activating group) is 1. The second kappa shape index (κ2) is 9.57. The van der Waals surface area contributed by atoms with E-state index in [9.17, 15) is 4.79 Å². The van der Waals surface area contributed by atoms with Gasteiger partial charge in [0.2, 0.25) is 5.91 Å². The van der Waals surface area contributed by atoms with Gasteiger partial charge in [0.25, 0.3) is 0 Å². The van der Waals surface area contributed by atoms with Crippen LogP contribution < -0.4 is 5.32 Å². The molecule has 1 aliphatic carbocycles. The minimum Gasteiger partial charge on any atom is -0.310 e. The summed E-state index contributed by atoms with van der Waals surface area (Å²) in [6, 6.07) is 3.99. The quantitative estimate of drug-likeness (QED) is 0.648. The van der Waals surface area contributed by atoms with Gasteiger partial charge in [-0.3, -0.25) is 14.5 Å². The first-order valence-electron chi connectivity index (χ1n) is 12.0. The molecule has 8 heteroatoms. The van der Waals surface area contributed by atoms with E-state index in [1.165, 1.54) is 19.6 Å². The van der Waals surface area contributed by atoms with Crippen molar-refractivity contribution in [1.82, 2.24) is 29.5 Å². The fourth-order valence-electron chi connectivity index (χ4n) is 5.06. The fourth-order valence-corrected chi connectivity index (χ4v) is 5.06. The van der Waals surface area contributed by atoms with Crippen molar-refractivity contribution in [3.63, 3.8) is 0 Å². The van der Waals surface area contributed by atoms with Gasteiger partial charge in [0, 0.05) is 74.6 Å². The Kier molecular flexibility index (Phi) is 6.37. The maximum Gasteiger partial charge on any atom is 0.228 e. The molecule has 4 heterocycles. The number of carbonyl (C=O) groups is 1. The fraction of sp³-hybridized carbons (Fsp3) is 0.520. The number of fused-ring (bicyclic) bond motifs is 1. The van der Waals surface area contributed by atoms with E-state index >= 15 is 0 Å². The highest BCUT2D eigenvalue weighted by molar-refractivity contribution is 5.94. The van der Waals surface area contributed by atoms with Crippen LogP contribution in [-0.4, -0.2) is 75.2 Å². The van der Waals surface area contributed by atoms with Crippen LogP contribution in [0.1, 0.15) is 25.7 Å². The van der Waals surface area contributed by atoms with E-state index < -0.39 is 0 Å². The van der Waals surface area contributed by atoms with Gasteiger partial charge in [-0.25, -0.2) is 4.98 Å². The summed E-state index contributed by atoms with van der Waals surface area (Å²) in [6.45, 7) is 5.84. The summed E-state index contributed by atoms with van der Waals surface area (Å²) in [5.41, 5.74) is 2.82. The van der Waals surface area contributed by atoms with Crippen LogP contribution >= 0.6 is 0 Å². The normalized spacial score (nSPS) is 22.5. The Balaban J connectivity index is 1.18. The molecule has 0 radical (unpaired) electrons. The van der Waals surface area contributed by atoms with Gasteiger partial charge in [-0.1, -0.05) is 0 Å². The van der Waals surface area contributed by atoms with Crippen LogP contribution in [0.3, 0.4) is 0 Å². The van der Waals surface area contributed by atoms with Crippen LogP contribution in [0.4, 0.5) is 5.82 Å². The summed E-state index contributed by atoms with van der Waals surface area (Å²) in [6.07, 6.45) is 11.5. The molecule has 2 fully saturated rings. The third-order valence-electron chi connectivity index (χ3n) is 7.19. The van der Waals surface area contributed by atoms with Crippen molar-refractivity contribution in [3.8, 4) is 11.1 Å². The lowest BCUT2D eigenvalue weighted by atomic mass is 9.81. The molecule has 33 heavy (non-hydrogen) atoms. The summed E-state index contributed by atoms with van der Waals surface area (Å²) >= 11 is 0. The van der Waals surface area contributed by atoms with Gasteiger partial charge >= 0.3 is 0 Å². The highest BCUT2D eigenvalue weighted by Gasteiger charge is 2.28. The van der Waals surface area contributed by atoms with Gasteiger partial charge in [-0.15, -0.1) is 0 Å². The number of hydrogen-bond acceptors (Lipinski definition) is 6. The SMILES string of the molecule is CN1CCN(CC2CCC(C(=O)Nc3cc4cc(-c5cnn(C)c5)cnc4cn3)CC2)CC1. The molecule has 1 N–H and O–H groups in total. The van der Waals surface area contributed by atoms with Crippen molar-refractivity contribution in [2.45, 2.75) is 25.7 Å². The molecule has 1 saturated heterocycles. The number of hydrogen-bond donors (Lipinski definition) is 1. The number of anilines is 1. The molecule has 1 amide bonds. The van der Waals surface area contributed by atoms with Gasteiger partial charge < -0.3 is 15.1 Å². The average Bonchev–Trinajstić information content (AvgIpc) is 3.27. The first-order chi connectivity index (χ1) is 16.0. The summed E-state index contributed by atoms with van der Waals surface area (Å²) in [4.78, 5) is 26.9. The zero-order chi connectivity index (χ0) is 22.8. The zero-order valence-corrected chi connectivity index (χ0v) is 19.6. The lowest BCUT2D eigenvalue weighted by molar-refractivity contribution is -0.121. The van der Waals surface area contributed by atoms with Crippen LogP contribution in [0, 0.1) is 11.8 Å². The first kappa shape index (κ1) is 22.0. The van der Waals surface area contributed by atoms with Crippen LogP contribution in [0.15, 0.2) is 36.9 Å². The summed E-state index contributed by atoms with van der Waals surface area (Å²) in [7, 11) is 4.09. The standard InChI is InChI=1S/C25H33N7O/c1-30-7-9-32(10-8-30)16-18-3-5-19(6-4-18)25(33)29-24-12-20-11-21(13-26-23(20)15-27-24)22-14-28-31(2)17-22/h11-15,17-19H,3-10,16H2,1-2H3,(H,27,29,33). The van der Waals surface area contributed by atoms with Crippen LogP contribution in [0.2, 0.25) is 0 Å². The minimum absolute atomic E-state index is 0.0751. The van der Waals surface area contributed by atoms with Crippen molar-refractivity contribution < 1.29 is 4.79 Å². The maximum absolute atomic E-state index is 12.9. The Morgan fingerprint density at radius 1 is 0.970 bits per heavy atom. The van der Waals surface area contributed by atoms with Crippen LogP contribution in [-0.2, 0) is 11.8 Å². The smallest absolute Gasteiger partial charge is 0.228 e. The summed E-state index contributed by atoms with van der Waals surface area (Å²) in [5.74, 6) is 1.48. The number of piperazine rings is 1. The van der Waals surface area contributed by atoms with Gasteiger partial charge in [0.1, 0.15) is 5.82 Å². The molecule has 0 atom stereocenters. The zero-order valence-electron chi connectivity index (χ0n) is 19.6. The number of aromatic nitrogens is 4. The highest BCUT2D eigenvalue weighted by Crippen LogP contribution is 2.31. The van der Waals surface area contributed by atoms with E-state index in [1.807, 2.05) is 31.7 Å². The van der Waals surface area contributed by atoms with Crippen molar-refractivity contribution >= 4 is 22.6 Å². The minimum atomic E-state index is 0.0751. The molecular formula is C25H33N7O. The van der Waals surface area contributed by atoms with Crippen LogP contribution in [0.5, 0.6) is 0 Å². The van der Waals surface area contributed by atoms with Gasteiger partial charge in [0.15, 0.2) is 0 Å². The highest BCUT2D eigenvalue weighted by atomic mass is 16.1. The van der Waals surface area contributed by atoms with Crippen LogP contribution in [0.25, 0.3) is 22.0 Å². The van der Waals surface area contributed by atoms with E-state index in [1.54, 1.807) is 10.9 Å². The largest absolute Gasteiger partial charge is 0.310 e. The predicted octanol–water partition coefficient (Wildman–Crippen LogP) is 3.02. The Morgan fingerprint density at radius 2 is 1.76 bits per heavy atom. The number of nitrogens with zero attached hydrogens (tertiary/aromatic N) is 6. The molecule has 1 aliphatic heterocycles. The third-order valence-corrected chi connectivity index (χ3v) is 7.19. The lowest BCUT2D eigenvalue weighted by Gasteiger charge is -2.36. The van der Waals surface area contributed by atoms with E-state index in [0.29, 0.717) is 11.7 Å². The number of amides is 1. The van der Waals surface area contributed by atoms with E-state index in [4.69, 9.17) is 0 Å². The van der Waals surface area contributed by atoms with Crippen molar-refractivity contribution in [3.05, 3.63) is 36.9 Å². The Labute approximate surface area is 195 Å². The Morgan fingerprint density at radius 3 is 2.48 bits per heavy atom. The molecular weight excluding hydrogens is 414 g/mol. The van der Waals surface area contributed by atoms with Gasteiger partial charge in [0.05, 0.1) is 17.9 Å². The molecule has 3 aromatic heterocycles. The van der Waals surface area contributed by atoms with Gasteiger partial charge in [-0.05, 0) is 50.8 Å². The number of nitrogens with one attached hydrogen (secondary N) is 1. The van der Waals surface area contributed by atoms with Crippen molar-refractivity contribution in [1.29, 1.82) is 0 Å². The number of aryl methyl sites for hydroxylation is 1. The Bertz CT molecular complexity index is 1110. The third kappa shape index (κ3) is 5.23. The predicted molar refractivity (Wildman–Crippen MR) is 130 cm³/mol. The molecule has 2 aliphatic rings. The number of pyridine rings is 2. The number of rotatable bonds is 5. The molecule has 174 valence electrons. The Hall–Kier alpha value is -2.84. The molecule has 3 aromatic rings. The van der Waals surface area contributed by atoms with E-state index in [-0.39, 0.29) is 11.8 Å². The molecule has 0 unspecified atom stereocenters. The van der Waals surface area contributed by atoms with E-state index in [0.717, 1.165) is 60.8 Å². The number of carbonyl (C=O) groups excluding carboxylic acids is 1. The van der Waals surface area contributed by atoms with E-state index in [2.05, 4.69) is 43.3 Å². The lowest BCUT2D eigenvalue weighted by Crippen LogP contribution is -2.46. The molecule has 5 rings (SSSR count). The van der Waals surface area contributed by atoms with Crippen molar-refractivity contribution in [2.75, 3.05) is 45.1 Å². The molecule has 8 nitrogen and oxygen atoms in total. The average molecular weight is 448 g/mol.